The third-order valence-electron chi connectivity index (χ3n) is 4.59. The predicted octanol–water partition coefficient (Wildman–Crippen LogP) is 1.42. The highest BCUT2D eigenvalue weighted by molar-refractivity contribution is 7.91. The van der Waals surface area contributed by atoms with Gasteiger partial charge in [0.1, 0.15) is 4.21 Å². The maximum absolute atomic E-state index is 12.5. The van der Waals surface area contributed by atoms with Crippen LogP contribution in [-0.4, -0.2) is 38.5 Å². The van der Waals surface area contributed by atoms with Gasteiger partial charge in [0.15, 0.2) is 0 Å². The molecule has 0 aromatic carbocycles. The summed E-state index contributed by atoms with van der Waals surface area (Å²) in [5.41, 5.74) is 6.61. The zero-order valence-corrected chi connectivity index (χ0v) is 14.0. The second-order valence-corrected chi connectivity index (χ2v) is 9.13. The minimum atomic E-state index is -3.41. The summed E-state index contributed by atoms with van der Waals surface area (Å²) in [7, 11) is -3.41. The highest BCUT2D eigenvalue weighted by Crippen LogP contribution is 2.29. The van der Waals surface area contributed by atoms with Crippen LogP contribution in [0.1, 0.15) is 36.1 Å². The third-order valence-corrected chi connectivity index (χ3v) is 7.84. The number of rotatable bonds is 4. The minimum absolute atomic E-state index is 0.0677. The fourth-order valence-electron chi connectivity index (χ4n) is 3.43. The molecule has 2 fully saturated rings. The van der Waals surface area contributed by atoms with Gasteiger partial charge in [0.25, 0.3) is 0 Å². The molecule has 1 aromatic rings. The molecular weight excluding hydrogens is 306 g/mol. The first-order chi connectivity index (χ1) is 9.99. The Hall–Kier alpha value is -0.470. The van der Waals surface area contributed by atoms with Gasteiger partial charge in [0.05, 0.1) is 0 Å². The fraction of sp³-hybridized carbons (Fsp3) is 0.714. The Labute approximate surface area is 130 Å². The average molecular weight is 329 g/mol. The van der Waals surface area contributed by atoms with Crippen molar-refractivity contribution in [2.45, 2.75) is 55.4 Å². The quantitative estimate of drug-likeness (QED) is 0.876. The molecule has 0 bridgehead atoms. The van der Waals surface area contributed by atoms with Crippen molar-refractivity contribution in [2.24, 2.45) is 5.73 Å². The van der Waals surface area contributed by atoms with Crippen LogP contribution >= 0.6 is 11.3 Å². The topological polar surface area (TPSA) is 75.4 Å². The average Bonchev–Trinajstić information content (AvgIpc) is 3.04. The largest absolute Gasteiger partial charge is 0.326 e. The summed E-state index contributed by atoms with van der Waals surface area (Å²) in [6, 6.07) is 2.37. The summed E-state index contributed by atoms with van der Waals surface area (Å²) in [5, 5.41) is 0. The highest BCUT2D eigenvalue weighted by atomic mass is 32.2. The minimum Gasteiger partial charge on any atom is -0.326 e. The summed E-state index contributed by atoms with van der Waals surface area (Å²) in [6.07, 6.45) is 4.29. The van der Waals surface area contributed by atoms with Crippen LogP contribution in [0.5, 0.6) is 0 Å². The van der Waals surface area contributed by atoms with E-state index >= 15 is 0 Å². The summed E-state index contributed by atoms with van der Waals surface area (Å²) >= 11 is 1.29. The van der Waals surface area contributed by atoms with E-state index in [1.165, 1.54) is 30.7 Å². The van der Waals surface area contributed by atoms with Crippen LogP contribution in [0, 0.1) is 6.92 Å². The molecule has 2 atom stereocenters. The van der Waals surface area contributed by atoms with Crippen molar-refractivity contribution in [2.75, 3.05) is 13.1 Å². The molecule has 3 N–H and O–H groups in total. The van der Waals surface area contributed by atoms with Crippen molar-refractivity contribution in [3.05, 3.63) is 16.5 Å². The first kappa shape index (κ1) is 15.4. The van der Waals surface area contributed by atoms with Crippen molar-refractivity contribution < 1.29 is 8.42 Å². The number of aryl methyl sites for hydroxylation is 1. The van der Waals surface area contributed by atoms with E-state index in [0.717, 1.165) is 29.8 Å². The molecule has 2 unspecified atom stereocenters. The molecule has 0 saturated carbocycles. The summed E-state index contributed by atoms with van der Waals surface area (Å²) < 4.78 is 28.3. The summed E-state index contributed by atoms with van der Waals surface area (Å²) in [4.78, 5) is 3.44. The van der Waals surface area contributed by atoms with E-state index < -0.39 is 10.0 Å². The van der Waals surface area contributed by atoms with Gasteiger partial charge in [-0.15, -0.1) is 11.3 Å². The number of sulfonamides is 1. The number of hydrogen-bond acceptors (Lipinski definition) is 5. The number of fused-ring (bicyclic) bond motifs is 1. The Balaban J connectivity index is 1.70. The summed E-state index contributed by atoms with van der Waals surface area (Å²) in [5.74, 6) is 0. The van der Waals surface area contributed by atoms with Crippen molar-refractivity contribution in [3.8, 4) is 0 Å². The number of hydrogen-bond donors (Lipinski definition) is 2. The van der Waals surface area contributed by atoms with E-state index in [0.29, 0.717) is 16.8 Å². The van der Waals surface area contributed by atoms with E-state index in [-0.39, 0.29) is 6.04 Å². The van der Waals surface area contributed by atoms with Gasteiger partial charge in [-0.1, -0.05) is 0 Å². The monoisotopic (exact) mass is 329 g/mol. The van der Waals surface area contributed by atoms with Crippen LogP contribution in [0.25, 0.3) is 0 Å². The van der Waals surface area contributed by atoms with Crippen LogP contribution in [0.4, 0.5) is 0 Å². The van der Waals surface area contributed by atoms with Gasteiger partial charge < -0.3 is 10.6 Å². The highest BCUT2D eigenvalue weighted by Gasteiger charge is 2.34. The van der Waals surface area contributed by atoms with Gasteiger partial charge in [-0.2, -0.15) is 0 Å². The molecule has 0 spiro atoms. The molecule has 1 aromatic heterocycles. The Bertz CT molecular complexity index is 612. The molecule has 118 valence electrons. The molecule has 0 radical (unpaired) electrons. The first-order valence-corrected chi connectivity index (χ1v) is 9.85. The number of nitrogens with two attached hydrogens (primary N) is 1. The molecule has 3 rings (SSSR count). The Morgan fingerprint density at radius 2 is 2.24 bits per heavy atom. The number of thiophene rings is 1. The first-order valence-electron chi connectivity index (χ1n) is 7.55. The van der Waals surface area contributed by atoms with E-state index in [1.807, 2.05) is 6.92 Å². The van der Waals surface area contributed by atoms with E-state index in [2.05, 4.69) is 9.62 Å². The van der Waals surface area contributed by atoms with E-state index in [9.17, 15) is 8.42 Å². The van der Waals surface area contributed by atoms with Crippen LogP contribution in [0.15, 0.2) is 10.3 Å². The molecular formula is C14H23N3O2S2. The van der Waals surface area contributed by atoms with Gasteiger partial charge in [-0.3, -0.25) is 0 Å². The molecule has 2 aliphatic rings. The normalized spacial score (nSPS) is 27.0. The Morgan fingerprint density at radius 3 is 2.95 bits per heavy atom. The maximum atomic E-state index is 12.5. The zero-order valence-electron chi connectivity index (χ0n) is 12.3. The second kappa shape index (κ2) is 5.96. The van der Waals surface area contributed by atoms with Crippen LogP contribution in [-0.2, 0) is 16.6 Å². The van der Waals surface area contributed by atoms with E-state index in [4.69, 9.17) is 5.73 Å². The van der Waals surface area contributed by atoms with Crippen molar-refractivity contribution in [1.82, 2.24) is 9.62 Å². The van der Waals surface area contributed by atoms with Crippen molar-refractivity contribution >= 4 is 21.4 Å². The molecule has 2 saturated heterocycles. The number of nitrogens with one attached hydrogen (secondary N) is 1. The van der Waals surface area contributed by atoms with Gasteiger partial charge >= 0.3 is 0 Å². The smallest absolute Gasteiger partial charge is 0.250 e. The van der Waals surface area contributed by atoms with Gasteiger partial charge in [0.2, 0.25) is 10.0 Å². The molecule has 2 aliphatic heterocycles. The molecule has 0 amide bonds. The van der Waals surface area contributed by atoms with Gasteiger partial charge in [0, 0.05) is 23.5 Å². The van der Waals surface area contributed by atoms with Gasteiger partial charge in [-0.25, -0.2) is 13.1 Å². The molecule has 7 heteroatoms. The SMILES string of the molecule is Cc1cc(S(=O)(=O)NC2CCN3CCCC3C2)sc1CN. The van der Waals surface area contributed by atoms with E-state index in [1.54, 1.807) is 6.07 Å². The lowest BCUT2D eigenvalue weighted by molar-refractivity contribution is 0.176. The Morgan fingerprint density at radius 1 is 1.43 bits per heavy atom. The van der Waals surface area contributed by atoms with Crippen LogP contribution in [0.2, 0.25) is 0 Å². The maximum Gasteiger partial charge on any atom is 0.250 e. The van der Waals surface area contributed by atoms with Gasteiger partial charge in [-0.05, 0) is 57.3 Å². The third kappa shape index (κ3) is 3.17. The Kier molecular flexibility index (Phi) is 4.38. The second-order valence-electron chi connectivity index (χ2n) is 6.05. The molecule has 21 heavy (non-hydrogen) atoms. The lowest BCUT2D eigenvalue weighted by atomic mass is 9.99. The molecule has 3 heterocycles. The van der Waals surface area contributed by atoms with Crippen molar-refractivity contribution in [3.63, 3.8) is 0 Å². The standard InChI is InChI=1S/C14H23N3O2S2/c1-10-7-14(20-13(10)9-15)21(18,19)16-11-4-6-17-5-2-3-12(17)8-11/h7,11-12,16H,2-6,8-9,15H2,1H3. The van der Waals surface area contributed by atoms with Crippen molar-refractivity contribution in [1.29, 1.82) is 0 Å². The van der Waals surface area contributed by atoms with Crippen LogP contribution in [0.3, 0.4) is 0 Å². The zero-order chi connectivity index (χ0) is 15.0. The number of piperidine rings is 1. The molecule has 0 aliphatic carbocycles. The number of nitrogens with zero attached hydrogens (tertiary/aromatic N) is 1. The molecule has 5 nitrogen and oxygen atoms in total. The lowest BCUT2D eigenvalue weighted by Gasteiger charge is -2.34. The summed E-state index contributed by atoms with van der Waals surface area (Å²) in [6.45, 7) is 4.49. The van der Waals surface area contributed by atoms with Crippen LogP contribution < -0.4 is 10.5 Å². The fourth-order valence-corrected chi connectivity index (χ4v) is 6.20. The predicted molar refractivity (Wildman–Crippen MR) is 84.9 cm³/mol. The lowest BCUT2D eigenvalue weighted by Crippen LogP contribution is -2.47.